The van der Waals surface area contributed by atoms with Crippen LogP contribution in [0.5, 0.6) is 0 Å². The van der Waals surface area contributed by atoms with Crippen LogP contribution in [0.4, 0.5) is 0 Å². The second-order valence-electron chi connectivity index (χ2n) is 15.6. The van der Waals surface area contributed by atoms with Crippen LogP contribution < -0.4 is 0 Å². The molecule has 264 valence electrons. The van der Waals surface area contributed by atoms with Crippen molar-refractivity contribution in [3.8, 4) is 0 Å². The number of aliphatic hydroxyl groups excluding tert-OH is 9. The van der Waals surface area contributed by atoms with Gasteiger partial charge in [-0.25, -0.2) is 0 Å². The molecule has 1 spiro atoms. The number of hydrogen-bond acceptors (Lipinski definition) is 14. The lowest BCUT2D eigenvalue weighted by atomic mass is 9.41. The molecule has 0 aromatic rings. The average Bonchev–Trinajstić information content (AvgIpc) is 3.26. The summed E-state index contributed by atoms with van der Waals surface area (Å²) in [6.45, 7) is 2.59. The number of fused-ring (bicyclic) bond motifs is 3. The summed E-state index contributed by atoms with van der Waals surface area (Å²) in [4.78, 5) is 14.0. The van der Waals surface area contributed by atoms with E-state index < -0.39 is 91.6 Å². The summed E-state index contributed by atoms with van der Waals surface area (Å²) in [5, 5.41) is 92.4. The lowest BCUT2D eigenvalue weighted by molar-refractivity contribution is -0.335. The van der Waals surface area contributed by atoms with E-state index in [9.17, 15) is 50.8 Å². The van der Waals surface area contributed by atoms with E-state index in [1.54, 1.807) is 0 Å². The van der Waals surface area contributed by atoms with Crippen molar-refractivity contribution < 1.29 is 69.7 Å². The highest BCUT2D eigenvalue weighted by Gasteiger charge is 2.70. The van der Waals surface area contributed by atoms with Crippen molar-refractivity contribution in [3.63, 3.8) is 0 Å². The lowest BCUT2D eigenvalue weighted by Crippen LogP contribution is -2.62. The Bertz CT molecular complexity index is 1120. The van der Waals surface area contributed by atoms with Crippen LogP contribution >= 0.6 is 0 Å². The van der Waals surface area contributed by atoms with Gasteiger partial charge in [-0.2, -0.15) is 0 Å². The molecule has 6 aliphatic rings. The molecule has 0 aromatic carbocycles. The highest BCUT2D eigenvalue weighted by molar-refractivity contribution is 5.77. The van der Waals surface area contributed by atoms with E-state index in [2.05, 4.69) is 6.92 Å². The van der Waals surface area contributed by atoms with Gasteiger partial charge in [0, 0.05) is 0 Å². The van der Waals surface area contributed by atoms with Gasteiger partial charge < -0.3 is 64.9 Å². The SMILES string of the molecule is C[C@@]12CCC[C@@](C)(C(=O)O[C@H]3O[C@@H](CO)[C@H](O)[C@@H](O)[C@@H]3O)[C@H]1CC[C@@]13C[C@@H](CC[C@H]12)[C@](CO)(O[C@@H]1O[C@H](CO)[C@@H](O)[C@H](O)[C@H]1O)C3. The third-order valence-corrected chi connectivity index (χ3v) is 13.3. The van der Waals surface area contributed by atoms with E-state index in [4.69, 9.17) is 18.9 Å². The summed E-state index contributed by atoms with van der Waals surface area (Å²) in [5.74, 6) is -0.498. The van der Waals surface area contributed by atoms with E-state index in [1.807, 2.05) is 6.92 Å². The molecule has 9 N–H and O–H groups in total. The number of aliphatic hydroxyl groups is 9. The van der Waals surface area contributed by atoms with E-state index in [1.165, 1.54) is 0 Å². The number of rotatable bonds is 7. The highest BCUT2D eigenvalue weighted by Crippen LogP contribution is 2.73. The zero-order chi connectivity index (χ0) is 33.4. The van der Waals surface area contributed by atoms with Gasteiger partial charge in [0.15, 0.2) is 6.29 Å². The van der Waals surface area contributed by atoms with Crippen molar-refractivity contribution in [1.82, 2.24) is 0 Å². The van der Waals surface area contributed by atoms with Gasteiger partial charge in [-0.3, -0.25) is 4.79 Å². The Hall–Kier alpha value is -1.01. The molecule has 2 bridgehead atoms. The second kappa shape index (κ2) is 12.4. The first-order valence-electron chi connectivity index (χ1n) is 16.8. The quantitative estimate of drug-likeness (QED) is 0.138. The average molecular weight is 661 g/mol. The zero-order valence-corrected chi connectivity index (χ0v) is 26.6. The van der Waals surface area contributed by atoms with Crippen LogP contribution in [-0.2, 0) is 23.7 Å². The number of esters is 1. The molecule has 6 rings (SSSR count). The van der Waals surface area contributed by atoms with Gasteiger partial charge >= 0.3 is 5.97 Å². The Morgan fingerprint density at radius 3 is 1.96 bits per heavy atom. The standard InChI is InChI=1S/C32H52O14/c1-29-7-3-8-30(2,28(42)45-26-24(40)22(38)20(36)16(11-33)43-26)18(29)6-9-31-10-15(4-5-19(29)31)32(13-31,14-35)46-27-25(41)23(39)21(37)17(12-34)44-27/h15-27,33-41H,3-14H2,1-2H3/t15-,16+,17-,18+,19+,20+,21-,22-,23+,24+,25-,26-,27+,29-,30-,31+,32+/m1/s1. The maximum atomic E-state index is 14.0. The molecule has 2 heterocycles. The molecular weight excluding hydrogens is 608 g/mol. The Morgan fingerprint density at radius 1 is 0.739 bits per heavy atom. The maximum absolute atomic E-state index is 14.0. The molecule has 0 aromatic heterocycles. The first kappa shape index (κ1) is 34.8. The Kier molecular flexibility index (Phi) is 9.39. The maximum Gasteiger partial charge on any atom is 0.314 e. The summed E-state index contributed by atoms with van der Waals surface area (Å²) in [5.41, 5.74) is -2.49. The monoisotopic (exact) mass is 660 g/mol. The third kappa shape index (κ3) is 5.18. The number of hydrogen-bond donors (Lipinski definition) is 9. The number of ether oxygens (including phenoxy) is 4. The molecule has 4 saturated carbocycles. The Morgan fingerprint density at radius 2 is 1.35 bits per heavy atom. The minimum Gasteiger partial charge on any atom is -0.432 e. The van der Waals surface area contributed by atoms with E-state index in [0.29, 0.717) is 19.3 Å². The highest BCUT2D eigenvalue weighted by atomic mass is 16.7. The minimum atomic E-state index is -1.68. The topological polar surface area (TPSA) is 236 Å². The van der Waals surface area contributed by atoms with Gasteiger partial charge in [-0.1, -0.05) is 13.3 Å². The number of carbonyl (C=O) groups is 1. The van der Waals surface area contributed by atoms with Crippen molar-refractivity contribution in [2.75, 3.05) is 19.8 Å². The van der Waals surface area contributed by atoms with Crippen LogP contribution in [0.3, 0.4) is 0 Å². The molecule has 2 saturated heterocycles. The van der Waals surface area contributed by atoms with Crippen LogP contribution in [0.2, 0.25) is 0 Å². The van der Waals surface area contributed by atoms with Gasteiger partial charge in [0.05, 0.1) is 30.8 Å². The summed E-state index contributed by atoms with van der Waals surface area (Å²) in [6.07, 6.45) is -8.26. The summed E-state index contributed by atoms with van der Waals surface area (Å²) >= 11 is 0. The molecular formula is C32H52O14. The molecule has 17 atom stereocenters. The Labute approximate surface area is 268 Å². The molecule has 0 unspecified atom stereocenters. The fraction of sp³-hybridized carbons (Fsp3) is 0.969. The molecule has 46 heavy (non-hydrogen) atoms. The minimum absolute atomic E-state index is 0.0487. The molecule has 0 radical (unpaired) electrons. The van der Waals surface area contributed by atoms with Gasteiger partial charge in [0.25, 0.3) is 0 Å². The van der Waals surface area contributed by atoms with Gasteiger partial charge in [0.1, 0.15) is 48.8 Å². The van der Waals surface area contributed by atoms with Crippen molar-refractivity contribution in [2.45, 2.75) is 139 Å². The fourth-order valence-electron chi connectivity index (χ4n) is 11.0. The van der Waals surface area contributed by atoms with Crippen LogP contribution in [0.25, 0.3) is 0 Å². The zero-order valence-electron chi connectivity index (χ0n) is 26.6. The molecule has 0 amide bonds. The third-order valence-electron chi connectivity index (χ3n) is 13.3. The number of carbonyl (C=O) groups excluding carboxylic acids is 1. The summed E-state index contributed by atoms with van der Waals surface area (Å²) in [7, 11) is 0. The molecule has 14 nitrogen and oxygen atoms in total. The van der Waals surface area contributed by atoms with Gasteiger partial charge in [0.2, 0.25) is 6.29 Å². The largest absolute Gasteiger partial charge is 0.432 e. The van der Waals surface area contributed by atoms with E-state index in [0.717, 1.165) is 38.5 Å². The predicted octanol–water partition coefficient (Wildman–Crippen LogP) is -1.71. The fourth-order valence-corrected chi connectivity index (χ4v) is 11.0. The molecule has 4 aliphatic carbocycles. The summed E-state index contributed by atoms with van der Waals surface area (Å²) in [6, 6.07) is 0. The van der Waals surface area contributed by atoms with Crippen LogP contribution in [0.15, 0.2) is 0 Å². The molecule has 14 heteroatoms. The van der Waals surface area contributed by atoms with Crippen molar-refractivity contribution in [2.24, 2.45) is 34.0 Å². The second-order valence-corrected chi connectivity index (χ2v) is 15.6. The molecule has 6 fully saturated rings. The smallest absolute Gasteiger partial charge is 0.314 e. The van der Waals surface area contributed by atoms with Crippen molar-refractivity contribution >= 4 is 5.97 Å². The van der Waals surface area contributed by atoms with Crippen LogP contribution in [0.1, 0.15) is 71.6 Å². The van der Waals surface area contributed by atoms with Gasteiger partial charge in [-0.15, -0.1) is 0 Å². The first-order chi connectivity index (χ1) is 21.7. The predicted molar refractivity (Wildman–Crippen MR) is 155 cm³/mol. The van der Waals surface area contributed by atoms with Crippen LogP contribution in [-0.4, -0.2) is 139 Å². The normalized spacial score (nSPS) is 55.3. The van der Waals surface area contributed by atoms with Crippen molar-refractivity contribution in [1.29, 1.82) is 0 Å². The molecule has 2 aliphatic heterocycles. The Balaban J connectivity index is 1.22. The van der Waals surface area contributed by atoms with Crippen molar-refractivity contribution in [3.05, 3.63) is 0 Å². The van der Waals surface area contributed by atoms with E-state index >= 15 is 0 Å². The summed E-state index contributed by atoms with van der Waals surface area (Å²) < 4.78 is 23.3. The first-order valence-corrected chi connectivity index (χ1v) is 16.8. The lowest BCUT2D eigenvalue weighted by Gasteiger charge is -2.63. The van der Waals surface area contributed by atoms with Gasteiger partial charge in [-0.05, 0) is 86.9 Å². The van der Waals surface area contributed by atoms with E-state index in [-0.39, 0.29) is 35.2 Å². The van der Waals surface area contributed by atoms with Crippen LogP contribution in [0, 0.1) is 34.0 Å².